The Labute approximate surface area is 91.9 Å². The first-order valence-corrected chi connectivity index (χ1v) is 5.75. The second-order valence-electron chi connectivity index (χ2n) is 3.63. The highest BCUT2D eigenvalue weighted by molar-refractivity contribution is 8.03. The average Bonchev–Trinajstić information content (AvgIpc) is 2.51. The fourth-order valence-electron chi connectivity index (χ4n) is 2.09. The van der Waals surface area contributed by atoms with Crippen molar-refractivity contribution in [2.24, 2.45) is 11.8 Å². The van der Waals surface area contributed by atoms with Gasteiger partial charge in [0.25, 0.3) is 0 Å². The van der Waals surface area contributed by atoms with E-state index in [1.807, 2.05) is 17.6 Å². The number of carbonyl (C=O) groups is 2. The maximum absolute atomic E-state index is 11.8. The van der Waals surface area contributed by atoms with Crippen LogP contribution in [0.2, 0.25) is 0 Å². The van der Waals surface area contributed by atoms with Crippen LogP contribution >= 0.6 is 11.8 Å². The molecule has 1 fully saturated rings. The van der Waals surface area contributed by atoms with Crippen molar-refractivity contribution in [3.05, 3.63) is 12.2 Å². The monoisotopic (exact) mass is 222 g/mol. The number of amides is 2. The zero-order chi connectivity index (χ0) is 10.8. The van der Waals surface area contributed by atoms with Gasteiger partial charge < -0.3 is 0 Å². The molecule has 78 valence electrons. The van der Waals surface area contributed by atoms with E-state index in [4.69, 9.17) is 5.26 Å². The van der Waals surface area contributed by atoms with E-state index in [0.717, 1.165) is 11.8 Å². The van der Waals surface area contributed by atoms with E-state index in [9.17, 15) is 9.59 Å². The first-order chi connectivity index (χ1) is 7.25. The molecule has 2 atom stereocenters. The molecule has 0 aromatic rings. The van der Waals surface area contributed by atoms with Gasteiger partial charge in [0.1, 0.15) is 5.40 Å². The number of hydrogen-bond donors (Lipinski definition) is 0. The van der Waals surface area contributed by atoms with Gasteiger partial charge in [-0.05, 0) is 24.6 Å². The zero-order valence-electron chi connectivity index (χ0n) is 8.05. The first kappa shape index (κ1) is 10.2. The van der Waals surface area contributed by atoms with Crippen LogP contribution in [0.5, 0.6) is 0 Å². The predicted molar refractivity (Wildman–Crippen MR) is 55.3 cm³/mol. The van der Waals surface area contributed by atoms with E-state index < -0.39 is 0 Å². The maximum atomic E-state index is 11.8. The van der Waals surface area contributed by atoms with Crippen molar-refractivity contribution in [3.63, 3.8) is 0 Å². The van der Waals surface area contributed by atoms with Gasteiger partial charge in [-0.1, -0.05) is 12.2 Å². The number of likely N-dealkylation sites (tertiary alicyclic amines) is 1. The summed E-state index contributed by atoms with van der Waals surface area (Å²) in [6.07, 6.45) is 5.21. The molecule has 0 N–H and O–H groups in total. The van der Waals surface area contributed by atoms with Crippen LogP contribution in [0.1, 0.15) is 12.8 Å². The molecule has 5 heteroatoms. The van der Waals surface area contributed by atoms with Crippen LogP contribution in [0, 0.1) is 22.5 Å². The zero-order valence-corrected chi connectivity index (χ0v) is 8.87. The fourth-order valence-corrected chi connectivity index (χ4v) is 2.53. The van der Waals surface area contributed by atoms with Crippen LogP contribution in [-0.4, -0.2) is 22.6 Å². The van der Waals surface area contributed by atoms with E-state index in [1.165, 1.54) is 4.90 Å². The minimum Gasteiger partial charge on any atom is -0.274 e. The third kappa shape index (κ3) is 1.65. The first-order valence-electron chi connectivity index (χ1n) is 4.77. The molecule has 0 spiro atoms. The van der Waals surface area contributed by atoms with Crippen LogP contribution in [0.4, 0.5) is 0 Å². The molecule has 0 aromatic carbocycles. The number of thiocyanates is 1. The van der Waals surface area contributed by atoms with Crippen molar-refractivity contribution >= 4 is 23.6 Å². The van der Waals surface area contributed by atoms with Gasteiger partial charge in [0, 0.05) is 0 Å². The Hall–Kier alpha value is -1.28. The second-order valence-corrected chi connectivity index (χ2v) is 4.35. The molecule has 1 saturated heterocycles. The van der Waals surface area contributed by atoms with Gasteiger partial charge in [0.2, 0.25) is 11.8 Å². The number of nitrogens with zero attached hydrogens (tertiary/aromatic N) is 2. The van der Waals surface area contributed by atoms with Crippen LogP contribution in [0.15, 0.2) is 12.2 Å². The summed E-state index contributed by atoms with van der Waals surface area (Å²) in [5.74, 6) is -0.418. The van der Waals surface area contributed by atoms with Gasteiger partial charge >= 0.3 is 0 Å². The number of nitriles is 1. The van der Waals surface area contributed by atoms with Gasteiger partial charge in [-0.2, -0.15) is 5.26 Å². The number of hydrogen-bond acceptors (Lipinski definition) is 4. The summed E-state index contributed by atoms with van der Waals surface area (Å²) in [7, 11) is 0. The highest BCUT2D eigenvalue weighted by Gasteiger charge is 2.46. The standard InChI is InChI=1S/C10H10N2O2S/c11-5-15-6-12-9(13)7-3-1-2-4-8(7)10(12)14/h1-2,7-8H,3-4,6H2/t7-,8+. The van der Waals surface area contributed by atoms with E-state index in [-0.39, 0.29) is 29.5 Å². The molecule has 4 nitrogen and oxygen atoms in total. The molecule has 1 heterocycles. The summed E-state index contributed by atoms with van der Waals surface area (Å²) in [6, 6.07) is 0. The molecule has 0 bridgehead atoms. The maximum Gasteiger partial charge on any atom is 0.234 e. The van der Waals surface area contributed by atoms with Crippen molar-refractivity contribution in [2.45, 2.75) is 12.8 Å². The van der Waals surface area contributed by atoms with Crippen molar-refractivity contribution in [1.29, 1.82) is 5.26 Å². The number of rotatable bonds is 2. The average molecular weight is 222 g/mol. The Bertz CT molecular complexity index is 346. The molecule has 2 amide bonds. The molecule has 1 aliphatic heterocycles. The molecule has 0 radical (unpaired) electrons. The quantitative estimate of drug-likeness (QED) is 0.399. The summed E-state index contributed by atoms with van der Waals surface area (Å²) < 4.78 is 0. The van der Waals surface area contributed by atoms with E-state index in [1.54, 1.807) is 0 Å². The van der Waals surface area contributed by atoms with Gasteiger partial charge in [0.15, 0.2) is 0 Å². The van der Waals surface area contributed by atoms with Crippen molar-refractivity contribution < 1.29 is 9.59 Å². The minimum absolute atomic E-state index is 0.114. The van der Waals surface area contributed by atoms with E-state index in [2.05, 4.69) is 0 Å². The topological polar surface area (TPSA) is 61.2 Å². The summed E-state index contributed by atoms with van der Waals surface area (Å²) in [5, 5.41) is 10.3. The van der Waals surface area contributed by atoms with E-state index >= 15 is 0 Å². The Kier molecular flexibility index (Phi) is 2.78. The Morgan fingerprint density at radius 3 is 2.33 bits per heavy atom. The van der Waals surface area contributed by atoms with Gasteiger partial charge in [-0.15, -0.1) is 0 Å². The second kappa shape index (κ2) is 4.07. The van der Waals surface area contributed by atoms with Crippen LogP contribution < -0.4 is 0 Å². The lowest BCUT2D eigenvalue weighted by Crippen LogP contribution is -2.30. The molecule has 1 aliphatic carbocycles. The van der Waals surface area contributed by atoms with Crippen molar-refractivity contribution in [1.82, 2.24) is 4.90 Å². The van der Waals surface area contributed by atoms with Crippen LogP contribution in [0.25, 0.3) is 0 Å². The molecule has 0 saturated carbocycles. The lowest BCUT2D eigenvalue weighted by molar-refractivity contribution is -0.138. The third-order valence-electron chi connectivity index (χ3n) is 2.86. The number of allylic oxidation sites excluding steroid dienone is 2. The Morgan fingerprint density at radius 1 is 1.33 bits per heavy atom. The smallest absolute Gasteiger partial charge is 0.234 e. The lowest BCUT2D eigenvalue weighted by Gasteiger charge is -2.14. The highest BCUT2D eigenvalue weighted by Crippen LogP contribution is 2.35. The summed E-state index contributed by atoms with van der Waals surface area (Å²) in [5.41, 5.74) is 0. The number of thioether (sulfide) groups is 1. The molecular weight excluding hydrogens is 212 g/mol. The fraction of sp³-hybridized carbons (Fsp3) is 0.500. The SMILES string of the molecule is N#CSCN1C(=O)[C@H]2CC=CC[C@H]2C1=O. The Balaban J connectivity index is 2.14. The van der Waals surface area contributed by atoms with Crippen LogP contribution in [-0.2, 0) is 9.59 Å². The predicted octanol–water partition coefficient (Wildman–Crippen LogP) is 1.11. The summed E-state index contributed by atoms with van der Waals surface area (Å²) >= 11 is 0.928. The lowest BCUT2D eigenvalue weighted by atomic mass is 9.85. The summed E-state index contributed by atoms with van der Waals surface area (Å²) in [6.45, 7) is 0. The number of imide groups is 1. The van der Waals surface area contributed by atoms with Gasteiger partial charge in [-0.3, -0.25) is 14.5 Å². The summed E-state index contributed by atoms with van der Waals surface area (Å²) in [4.78, 5) is 24.8. The molecule has 2 rings (SSSR count). The molecular formula is C10H10N2O2S. The largest absolute Gasteiger partial charge is 0.274 e. The van der Waals surface area contributed by atoms with Gasteiger partial charge in [-0.25, -0.2) is 0 Å². The number of fused-ring (bicyclic) bond motifs is 1. The van der Waals surface area contributed by atoms with Crippen molar-refractivity contribution in [2.75, 3.05) is 5.88 Å². The van der Waals surface area contributed by atoms with E-state index in [0.29, 0.717) is 12.8 Å². The third-order valence-corrected chi connectivity index (χ3v) is 3.37. The van der Waals surface area contributed by atoms with Gasteiger partial charge in [0.05, 0.1) is 17.7 Å². The molecule has 2 aliphatic rings. The molecule has 0 unspecified atom stereocenters. The van der Waals surface area contributed by atoms with Crippen LogP contribution in [0.3, 0.4) is 0 Å². The highest BCUT2D eigenvalue weighted by atomic mass is 32.2. The number of carbonyl (C=O) groups excluding carboxylic acids is 2. The molecule has 15 heavy (non-hydrogen) atoms. The Morgan fingerprint density at radius 2 is 1.87 bits per heavy atom. The molecule has 0 aromatic heterocycles. The van der Waals surface area contributed by atoms with Crippen molar-refractivity contribution in [3.8, 4) is 5.40 Å². The normalized spacial score (nSPS) is 29.1. The minimum atomic E-state index is -0.179.